The van der Waals surface area contributed by atoms with Gasteiger partial charge in [-0.2, -0.15) is 0 Å². The van der Waals surface area contributed by atoms with Crippen LogP contribution in [0.5, 0.6) is 0 Å². The monoisotopic (exact) mass is 186 g/mol. The summed E-state index contributed by atoms with van der Waals surface area (Å²) >= 11 is 0. The summed E-state index contributed by atoms with van der Waals surface area (Å²) in [5, 5.41) is 0. The Morgan fingerprint density at radius 1 is 1.29 bits per heavy atom. The van der Waals surface area contributed by atoms with Crippen molar-refractivity contribution in [3.63, 3.8) is 0 Å². The van der Waals surface area contributed by atoms with Crippen molar-refractivity contribution in [1.29, 1.82) is 0 Å². The first-order valence-corrected chi connectivity index (χ1v) is 4.74. The first-order chi connectivity index (χ1) is 6.92. The summed E-state index contributed by atoms with van der Waals surface area (Å²) in [5.74, 6) is 0. The molecule has 1 aromatic carbocycles. The standard InChI is InChI=1S/C11H10N2O/c1-2-4-11-10(3-1)12-6-8(13-11)5-9-7-14-9/h1-4,6,9H,5,7H2. The van der Waals surface area contributed by atoms with Gasteiger partial charge in [0.25, 0.3) is 0 Å². The molecular weight excluding hydrogens is 176 g/mol. The molecule has 70 valence electrons. The predicted octanol–water partition coefficient (Wildman–Crippen LogP) is 1.57. The van der Waals surface area contributed by atoms with Crippen LogP contribution in [0, 0.1) is 0 Å². The molecule has 1 atom stereocenters. The van der Waals surface area contributed by atoms with Gasteiger partial charge in [-0.1, -0.05) is 12.1 Å². The Hall–Kier alpha value is -1.48. The van der Waals surface area contributed by atoms with Gasteiger partial charge in [-0.15, -0.1) is 0 Å². The zero-order valence-electron chi connectivity index (χ0n) is 7.68. The van der Waals surface area contributed by atoms with Gasteiger partial charge in [-0.3, -0.25) is 4.98 Å². The summed E-state index contributed by atoms with van der Waals surface area (Å²) in [7, 11) is 0. The van der Waals surface area contributed by atoms with Gasteiger partial charge in [0.2, 0.25) is 0 Å². The Morgan fingerprint density at radius 2 is 2.07 bits per heavy atom. The molecule has 0 spiro atoms. The lowest BCUT2D eigenvalue weighted by Crippen LogP contribution is -1.97. The predicted molar refractivity (Wildman–Crippen MR) is 53.0 cm³/mol. The lowest BCUT2D eigenvalue weighted by Gasteiger charge is -1.99. The van der Waals surface area contributed by atoms with E-state index in [4.69, 9.17) is 4.74 Å². The lowest BCUT2D eigenvalue weighted by atomic mass is 10.2. The number of hydrogen-bond acceptors (Lipinski definition) is 3. The number of ether oxygens (including phenoxy) is 1. The molecule has 3 heteroatoms. The van der Waals surface area contributed by atoms with Crippen LogP contribution >= 0.6 is 0 Å². The van der Waals surface area contributed by atoms with E-state index in [0.717, 1.165) is 29.8 Å². The molecular formula is C11H10N2O. The van der Waals surface area contributed by atoms with Crippen molar-refractivity contribution in [3.8, 4) is 0 Å². The molecule has 3 nitrogen and oxygen atoms in total. The zero-order valence-corrected chi connectivity index (χ0v) is 7.68. The van der Waals surface area contributed by atoms with Crippen LogP contribution in [0.4, 0.5) is 0 Å². The summed E-state index contributed by atoms with van der Waals surface area (Å²) in [4.78, 5) is 8.86. The SMILES string of the molecule is c1ccc2nc(CC3CO3)cnc2c1. The molecule has 1 unspecified atom stereocenters. The number of rotatable bonds is 2. The summed E-state index contributed by atoms with van der Waals surface area (Å²) < 4.78 is 5.16. The minimum atomic E-state index is 0.380. The molecule has 0 bridgehead atoms. The maximum absolute atomic E-state index is 5.16. The highest BCUT2D eigenvalue weighted by Gasteiger charge is 2.23. The van der Waals surface area contributed by atoms with Crippen LogP contribution in [-0.4, -0.2) is 22.7 Å². The third kappa shape index (κ3) is 1.46. The van der Waals surface area contributed by atoms with Crippen LogP contribution in [0.15, 0.2) is 30.5 Å². The van der Waals surface area contributed by atoms with Crippen molar-refractivity contribution in [1.82, 2.24) is 9.97 Å². The maximum Gasteiger partial charge on any atom is 0.0890 e. The van der Waals surface area contributed by atoms with E-state index in [1.165, 1.54) is 0 Å². The van der Waals surface area contributed by atoms with E-state index in [0.29, 0.717) is 6.10 Å². The van der Waals surface area contributed by atoms with Gasteiger partial charge >= 0.3 is 0 Å². The molecule has 2 aromatic rings. The number of epoxide rings is 1. The Morgan fingerprint density at radius 3 is 2.86 bits per heavy atom. The Kier molecular flexibility index (Phi) is 1.70. The minimum absolute atomic E-state index is 0.380. The molecule has 3 rings (SSSR count). The van der Waals surface area contributed by atoms with Crippen molar-refractivity contribution >= 4 is 11.0 Å². The normalized spacial score (nSPS) is 19.9. The first-order valence-electron chi connectivity index (χ1n) is 4.74. The third-order valence-electron chi connectivity index (χ3n) is 2.34. The Labute approximate surface area is 81.8 Å². The highest BCUT2D eigenvalue weighted by Crippen LogP contribution is 2.16. The highest BCUT2D eigenvalue weighted by atomic mass is 16.6. The molecule has 0 radical (unpaired) electrons. The van der Waals surface area contributed by atoms with E-state index in [1.54, 1.807) is 0 Å². The van der Waals surface area contributed by atoms with Crippen molar-refractivity contribution in [3.05, 3.63) is 36.2 Å². The van der Waals surface area contributed by atoms with Gasteiger partial charge in [-0.25, -0.2) is 4.98 Å². The Balaban J connectivity index is 2.01. The molecule has 0 aliphatic carbocycles. The average Bonchev–Trinajstić information content (AvgIpc) is 3.02. The second-order valence-corrected chi connectivity index (χ2v) is 3.51. The van der Waals surface area contributed by atoms with Crippen LogP contribution in [-0.2, 0) is 11.2 Å². The summed E-state index contributed by atoms with van der Waals surface area (Å²) in [5.41, 5.74) is 2.94. The van der Waals surface area contributed by atoms with Crippen molar-refractivity contribution in [2.24, 2.45) is 0 Å². The van der Waals surface area contributed by atoms with Crippen LogP contribution < -0.4 is 0 Å². The second kappa shape index (κ2) is 3.03. The van der Waals surface area contributed by atoms with Crippen molar-refractivity contribution in [2.45, 2.75) is 12.5 Å². The van der Waals surface area contributed by atoms with Gasteiger partial charge in [0, 0.05) is 12.6 Å². The van der Waals surface area contributed by atoms with E-state index < -0.39 is 0 Å². The maximum atomic E-state index is 5.16. The number of fused-ring (bicyclic) bond motifs is 1. The van der Waals surface area contributed by atoms with Crippen molar-refractivity contribution < 1.29 is 4.74 Å². The molecule has 0 N–H and O–H groups in total. The molecule has 1 fully saturated rings. The van der Waals surface area contributed by atoms with Crippen LogP contribution in [0.25, 0.3) is 11.0 Å². The average molecular weight is 186 g/mol. The third-order valence-corrected chi connectivity index (χ3v) is 2.34. The molecule has 2 heterocycles. The van der Waals surface area contributed by atoms with Crippen LogP contribution in [0.1, 0.15) is 5.69 Å². The zero-order chi connectivity index (χ0) is 9.38. The molecule has 0 saturated carbocycles. The summed E-state index contributed by atoms with van der Waals surface area (Å²) in [6.45, 7) is 0.870. The molecule has 0 amide bonds. The number of para-hydroxylation sites is 2. The van der Waals surface area contributed by atoms with E-state index in [-0.39, 0.29) is 0 Å². The van der Waals surface area contributed by atoms with Gasteiger partial charge < -0.3 is 4.74 Å². The number of aromatic nitrogens is 2. The van der Waals surface area contributed by atoms with E-state index in [9.17, 15) is 0 Å². The van der Waals surface area contributed by atoms with Gasteiger partial charge in [-0.05, 0) is 12.1 Å². The molecule has 14 heavy (non-hydrogen) atoms. The Bertz CT molecular complexity index is 466. The van der Waals surface area contributed by atoms with Crippen LogP contribution in [0.2, 0.25) is 0 Å². The smallest absolute Gasteiger partial charge is 0.0890 e. The van der Waals surface area contributed by atoms with Gasteiger partial charge in [0.05, 0.1) is 29.4 Å². The second-order valence-electron chi connectivity index (χ2n) is 3.51. The quantitative estimate of drug-likeness (QED) is 0.668. The molecule has 1 aromatic heterocycles. The minimum Gasteiger partial charge on any atom is -0.373 e. The molecule has 1 saturated heterocycles. The molecule has 1 aliphatic rings. The fraction of sp³-hybridized carbons (Fsp3) is 0.273. The largest absolute Gasteiger partial charge is 0.373 e. The fourth-order valence-electron chi connectivity index (χ4n) is 1.51. The van der Waals surface area contributed by atoms with E-state index in [2.05, 4.69) is 9.97 Å². The van der Waals surface area contributed by atoms with E-state index in [1.807, 2.05) is 30.5 Å². The topological polar surface area (TPSA) is 38.3 Å². The highest BCUT2D eigenvalue weighted by molar-refractivity contribution is 5.73. The summed E-state index contributed by atoms with van der Waals surface area (Å²) in [6.07, 6.45) is 3.10. The summed E-state index contributed by atoms with van der Waals surface area (Å²) in [6, 6.07) is 7.91. The van der Waals surface area contributed by atoms with Gasteiger partial charge in [0.15, 0.2) is 0 Å². The number of nitrogens with zero attached hydrogens (tertiary/aromatic N) is 2. The van der Waals surface area contributed by atoms with Crippen molar-refractivity contribution in [2.75, 3.05) is 6.61 Å². The number of benzene rings is 1. The molecule has 1 aliphatic heterocycles. The van der Waals surface area contributed by atoms with Crippen LogP contribution in [0.3, 0.4) is 0 Å². The van der Waals surface area contributed by atoms with E-state index >= 15 is 0 Å². The number of hydrogen-bond donors (Lipinski definition) is 0. The fourth-order valence-corrected chi connectivity index (χ4v) is 1.51. The first kappa shape index (κ1) is 7.88. The van der Waals surface area contributed by atoms with Gasteiger partial charge in [0.1, 0.15) is 0 Å². The lowest BCUT2D eigenvalue weighted by molar-refractivity contribution is 0.406.